The van der Waals surface area contributed by atoms with Gasteiger partial charge in [-0.2, -0.15) is 0 Å². The van der Waals surface area contributed by atoms with E-state index in [0.29, 0.717) is 19.0 Å². The van der Waals surface area contributed by atoms with Crippen LogP contribution in [0.1, 0.15) is 46.5 Å². The van der Waals surface area contributed by atoms with E-state index < -0.39 is 11.7 Å². The van der Waals surface area contributed by atoms with Gasteiger partial charge in [0, 0.05) is 19.6 Å². The number of alkyl carbamates (subject to hydrolysis) is 1. The van der Waals surface area contributed by atoms with Crippen LogP contribution in [-0.2, 0) is 4.74 Å². The number of hydrogen-bond donors (Lipinski definition) is 3. The first-order valence-electron chi connectivity index (χ1n) is 7.35. The second-order valence-electron chi connectivity index (χ2n) is 6.22. The van der Waals surface area contributed by atoms with E-state index in [-0.39, 0.29) is 6.03 Å². The summed E-state index contributed by atoms with van der Waals surface area (Å²) in [7, 11) is 0. The molecule has 1 rings (SSSR count). The minimum absolute atomic E-state index is 0.178. The van der Waals surface area contributed by atoms with Crippen molar-refractivity contribution in [2.45, 2.75) is 52.1 Å². The van der Waals surface area contributed by atoms with Crippen LogP contribution >= 0.6 is 0 Å². The van der Waals surface area contributed by atoms with E-state index in [1.807, 2.05) is 0 Å². The maximum absolute atomic E-state index is 11.5. The minimum atomic E-state index is -0.504. The Labute approximate surface area is 121 Å². The van der Waals surface area contributed by atoms with Gasteiger partial charge in [0.15, 0.2) is 0 Å². The van der Waals surface area contributed by atoms with E-state index in [2.05, 4.69) is 16.0 Å². The average Bonchev–Trinajstić information content (AvgIpc) is 2.83. The summed E-state index contributed by atoms with van der Waals surface area (Å²) in [5.41, 5.74) is -0.504. The van der Waals surface area contributed by atoms with Crippen LogP contribution in [0.2, 0.25) is 0 Å². The van der Waals surface area contributed by atoms with Crippen molar-refractivity contribution in [3.8, 4) is 0 Å². The fourth-order valence-electron chi connectivity index (χ4n) is 2.17. The van der Waals surface area contributed by atoms with Gasteiger partial charge in [0.2, 0.25) is 0 Å². The lowest BCUT2D eigenvalue weighted by molar-refractivity contribution is 0.0528. The van der Waals surface area contributed by atoms with E-state index in [0.717, 1.165) is 6.54 Å². The average molecular weight is 285 g/mol. The van der Waals surface area contributed by atoms with Crippen LogP contribution in [0.3, 0.4) is 0 Å². The van der Waals surface area contributed by atoms with E-state index in [1.165, 1.54) is 25.7 Å². The molecule has 0 aromatic rings. The van der Waals surface area contributed by atoms with Crippen molar-refractivity contribution in [1.29, 1.82) is 0 Å². The maximum Gasteiger partial charge on any atom is 0.407 e. The third kappa shape index (κ3) is 7.86. The molecule has 20 heavy (non-hydrogen) atoms. The molecule has 0 aromatic heterocycles. The summed E-state index contributed by atoms with van der Waals surface area (Å²) in [6.45, 7) is 6.90. The Morgan fingerprint density at radius 2 is 1.65 bits per heavy atom. The van der Waals surface area contributed by atoms with Gasteiger partial charge in [-0.3, -0.25) is 0 Å². The molecule has 0 saturated heterocycles. The van der Waals surface area contributed by atoms with Gasteiger partial charge in [-0.25, -0.2) is 9.59 Å². The standard InChI is InChI=1S/C14H27N3O3/c1-14(2,3)20-13(19)16-9-8-15-12(18)17-10-11-6-4-5-7-11/h11H,4-10H2,1-3H3,(H,16,19)(H2,15,17,18). The van der Waals surface area contributed by atoms with Crippen LogP contribution in [0.5, 0.6) is 0 Å². The quantitative estimate of drug-likeness (QED) is 0.676. The highest BCUT2D eigenvalue weighted by Crippen LogP contribution is 2.23. The third-order valence-corrected chi connectivity index (χ3v) is 3.10. The van der Waals surface area contributed by atoms with Gasteiger partial charge in [0.25, 0.3) is 0 Å². The number of carbonyl (C=O) groups is 2. The molecule has 0 heterocycles. The summed E-state index contributed by atoms with van der Waals surface area (Å²) < 4.78 is 5.08. The van der Waals surface area contributed by atoms with Gasteiger partial charge in [-0.05, 0) is 39.5 Å². The van der Waals surface area contributed by atoms with Crippen LogP contribution in [0, 0.1) is 5.92 Å². The first kappa shape index (κ1) is 16.6. The minimum Gasteiger partial charge on any atom is -0.444 e. The second kappa shape index (κ2) is 7.97. The Morgan fingerprint density at radius 1 is 1.05 bits per heavy atom. The molecule has 1 saturated carbocycles. The molecule has 1 aliphatic rings. The molecule has 3 N–H and O–H groups in total. The Bertz CT molecular complexity index is 320. The lowest BCUT2D eigenvalue weighted by Crippen LogP contribution is -2.42. The van der Waals surface area contributed by atoms with E-state index in [1.54, 1.807) is 20.8 Å². The molecule has 116 valence electrons. The molecular formula is C14H27N3O3. The molecule has 0 unspecified atom stereocenters. The maximum atomic E-state index is 11.5. The summed E-state index contributed by atoms with van der Waals surface area (Å²) in [5.74, 6) is 0.626. The highest BCUT2D eigenvalue weighted by atomic mass is 16.6. The number of hydrogen-bond acceptors (Lipinski definition) is 3. The SMILES string of the molecule is CC(C)(C)OC(=O)NCCNC(=O)NCC1CCCC1. The number of rotatable bonds is 5. The first-order chi connectivity index (χ1) is 9.37. The molecule has 6 heteroatoms. The molecule has 1 aliphatic carbocycles. The van der Waals surface area contributed by atoms with Crippen molar-refractivity contribution < 1.29 is 14.3 Å². The fourth-order valence-corrected chi connectivity index (χ4v) is 2.17. The Kier molecular flexibility index (Phi) is 6.61. The topological polar surface area (TPSA) is 79.5 Å². The molecule has 0 bridgehead atoms. The Hall–Kier alpha value is -1.46. The lowest BCUT2D eigenvalue weighted by Gasteiger charge is -2.19. The summed E-state index contributed by atoms with van der Waals surface area (Å²) in [6, 6.07) is -0.178. The van der Waals surface area contributed by atoms with Gasteiger partial charge >= 0.3 is 12.1 Å². The van der Waals surface area contributed by atoms with Crippen LogP contribution in [0.4, 0.5) is 9.59 Å². The van der Waals surface area contributed by atoms with Gasteiger partial charge in [0.05, 0.1) is 0 Å². The predicted octanol–water partition coefficient (Wildman–Crippen LogP) is 2.00. The molecule has 3 amide bonds. The molecule has 0 aliphatic heterocycles. The van der Waals surface area contributed by atoms with E-state index in [9.17, 15) is 9.59 Å². The van der Waals surface area contributed by atoms with Crippen molar-refractivity contribution in [3.63, 3.8) is 0 Å². The number of amides is 3. The van der Waals surface area contributed by atoms with E-state index in [4.69, 9.17) is 4.74 Å². The largest absolute Gasteiger partial charge is 0.444 e. The van der Waals surface area contributed by atoms with Crippen molar-refractivity contribution in [2.75, 3.05) is 19.6 Å². The zero-order valence-electron chi connectivity index (χ0n) is 12.8. The number of carbonyl (C=O) groups excluding carboxylic acids is 2. The van der Waals surface area contributed by atoms with Crippen LogP contribution in [0.15, 0.2) is 0 Å². The Morgan fingerprint density at radius 3 is 2.25 bits per heavy atom. The summed E-state index contributed by atoms with van der Waals surface area (Å²) in [5, 5.41) is 8.15. The third-order valence-electron chi connectivity index (χ3n) is 3.10. The molecular weight excluding hydrogens is 258 g/mol. The molecule has 1 fully saturated rings. The van der Waals surface area contributed by atoms with Gasteiger partial charge in [0.1, 0.15) is 5.60 Å². The smallest absolute Gasteiger partial charge is 0.407 e. The molecule has 0 spiro atoms. The van der Waals surface area contributed by atoms with Gasteiger partial charge in [-0.15, -0.1) is 0 Å². The normalized spacial score (nSPS) is 15.8. The number of ether oxygens (including phenoxy) is 1. The molecule has 0 radical (unpaired) electrons. The highest BCUT2D eigenvalue weighted by molar-refractivity contribution is 5.74. The van der Waals surface area contributed by atoms with Crippen molar-refractivity contribution in [3.05, 3.63) is 0 Å². The number of nitrogens with one attached hydrogen (secondary N) is 3. The van der Waals surface area contributed by atoms with Crippen molar-refractivity contribution >= 4 is 12.1 Å². The first-order valence-corrected chi connectivity index (χ1v) is 7.35. The second-order valence-corrected chi connectivity index (χ2v) is 6.22. The zero-order valence-corrected chi connectivity index (χ0v) is 12.8. The molecule has 0 atom stereocenters. The fraction of sp³-hybridized carbons (Fsp3) is 0.857. The molecule has 6 nitrogen and oxygen atoms in total. The number of urea groups is 1. The Balaban J connectivity index is 2.00. The van der Waals surface area contributed by atoms with Crippen molar-refractivity contribution in [2.24, 2.45) is 5.92 Å². The zero-order chi connectivity index (χ0) is 15.0. The lowest BCUT2D eigenvalue weighted by atomic mass is 10.1. The van der Waals surface area contributed by atoms with Gasteiger partial charge in [-0.1, -0.05) is 12.8 Å². The monoisotopic (exact) mass is 285 g/mol. The van der Waals surface area contributed by atoms with Crippen molar-refractivity contribution in [1.82, 2.24) is 16.0 Å². The van der Waals surface area contributed by atoms with Crippen LogP contribution < -0.4 is 16.0 Å². The highest BCUT2D eigenvalue weighted by Gasteiger charge is 2.16. The van der Waals surface area contributed by atoms with Crippen LogP contribution in [-0.4, -0.2) is 37.4 Å². The summed E-state index contributed by atoms with van der Waals surface area (Å²) in [4.78, 5) is 22.8. The van der Waals surface area contributed by atoms with Crippen LogP contribution in [0.25, 0.3) is 0 Å². The van der Waals surface area contributed by atoms with E-state index >= 15 is 0 Å². The van der Waals surface area contributed by atoms with Gasteiger partial charge < -0.3 is 20.7 Å². The predicted molar refractivity (Wildman–Crippen MR) is 77.6 cm³/mol. The molecule has 0 aromatic carbocycles. The summed E-state index contributed by atoms with van der Waals surface area (Å²) in [6.07, 6.45) is 4.49. The summed E-state index contributed by atoms with van der Waals surface area (Å²) >= 11 is 0.